The molecule has 1 aromatic rings. The van der Waals surface area contributed by atoms with Crippen LogP contribution in [-0.2, 0) is 9.53 Å². The van der Waals surface area contributed by atoms with Crippen molar-refractivity contribution in [2.45, 2.75) is 18.8 Å². The van der Waals surface area contributed by atoms with Gasteiger partial charge in [0.1, 0.15) is 23.8 Å². The van der Waals surface area contributed by atoms with Crippen molar-refractivity contribution in [2.24, 2.45) is 5.10 Å². The Bertz CT molecular complexity index is 1080. The van der Waals surface area contributed by atoms with Gasteiger partial charge >= 0.3 is 0 Å². The second-order valence-electron chi connectivity index (χ2n) is 7.79. The number of hydrogen-bond donors (Lipinski definition) is 3. The van der Waals surface area contributed by atoms with Crippen molar-refractivity contribution in [2.75, 3.05) is 26.3 Å². The van der Waals surface area contributed by atoms with Gasteiger partial charge in [-0.3, -0.25) is 14.7 Å². The Balaban J connectivity index is 1.28. The number of hydrogen-bond acceptors (Lipinski definition) is 8. The smallest absolute Gasteiger partial charge is 0.276 e. The molecule has 3 N–H and O–H groups in total. The van der Waals surface area contributed by atoms with E-state index in [1.165, 1.54) is 17.3 Å². The minimum Gasteiger partial charge on any atom is -0.379 e. The first kappa shape index (κ1) is 21.3. The number of alkyl halides is 2. The summed E-state index contributed by atoms with van der Waals surface area (Å²) in [6.07, 6.45) is 10.4. The van der Waals surface area contributed by atoms with Gasteiger partial charge in [0.05, 0.1) is 18.9 Å². The largest absolute Gasteiger partial charge is 0.379 e. The van der Waals surface area contributed by atoms with Gasteiger partial charge in [0, 0.05) is 42.8 Å². The lowest BCUT2D eigenvalue weighted by Crippen LogP contribution is -2.52. The van der Waals surface area contributed by atoms with E-state index < -0.39 is 6.43 Å². The number of pyridine rings is 1. The maximum Gasteiger partial charge on any atom is 0.276 e. The Hall–Kier alpha value is -3.57. The summed E-state index contributed by atoms with van der Waals surface area (Å²) in [7, 11) is 0. The van der Waals surface area contributed by atoms with E-state index in [1.807, 2.05) is 18.2 Å². The zero-order chi connectivity index (χ0) is 22.8. The summed E-state index contributed by atoms with van der Waals surface area (Å²) in [5.74, 6) is 0.228. The quantitative estimate of drug-likeness (QED) is 0.613. The van der Waals surface area contributed by atoms with Crippen molar-refractivity contribution in [1.29, 1.82) is 0 Å². The van der Waals surface area contributed by atoms with E-state index >= 15 is 0 Å². The average molecular weight is 455 g/mol. The number of hydrazone groups is 1. The van der Waals surface area contributed by atoms with Crippen LogP contribution < -0.4 is 16.0 Å². The summed E-state index contributed by atoms with van der Waals surface area (Å²) in [6.45, 7) is 2.96. The molecule has 2 atom stereocenters. The molecule has 0 bridgehead atoms. The van der Waals surface area contributed by atoms with Gasteiger partial charge in [0.25, 0.3) is 12.3 Å². The molecule has 172 valence electrons. The van der Waals surface area contributed by atoms with Gasteiger partial charge in [-0.25, -0.2) is 13.8 Å². The number of allylic oxidation sites excluding steroid dienone is 3. The van der Waals surface area contributed by atoms with Crippen LogP contribution in [0.5, 0.6) is 0 Å². The van der Waals surface area contributed by atoms with Crippen molar-refractivity contribution >= 4 is 11.6 Å². The van der Waals surface area contributed by atoms with Crippen molar-refractivity contribution < 1.29 is 18.3 Å². The molecule has 1 saturated heterocycles. The second kappa shape index (κ2) is 9.12. The third-order valence-corrected chi connectivity index (χ3v) is 5.64. The predicted octanol–water partition coefficient (Wildman–Crippen LogP) is 1.14. The van der Waals surface area contributed by atoms with Crippen LogP contribution in [0.3, 0.4) is 0 Å². The molecule has 1 fully saturated rings. The summed E-state index contributed by atoms with van der Waals surface area (Å²) >= 11 is 0. The highest BCUT2D eigenvalue weighted by Crippen LogP contribution is 2.24. The summed E-state index contributed by atoms with van der Waals surface area (Å²) in [4.78, 5) is 19.2. The number of rotatable bonds is 5. The molecule has 11 heteroatoms. The standard InChI is InChI=1S/C22H23F2N7O2/c23-21(24)15-10-14(11-25-12-15)16-4-5-19-26-13-17(31(19)29-16)22(32)28-18-2-1-3-20(27-18)30-6-8-33-9-7-30/h1-5,10-13,19-21,26-27H,6-9H2,(H,28,32). The highest BCUT2D eigenvalue weighted by molar-refractivity contribution is 6.09. The molecule has 5 rings (SSSR count). The van der Waals surface area contributed by atoms with Crippen LogP contribution in [0, 0.1) is 0 Å². The number of nitrogens with one attached hydrogen (secondary N) is 3. The van der Waals surface area contributed by atoms with Gasteiger partial charge in [0.15, 0.2) is 0 Å². The van der Waals surface area contributed by atoms with Crippen LogP contribution in [0.4, 0.5) is 8.78 Å². The highest BCUT2D eigenvalue weighted by atomic mass is 19.3. The third kappa shape index (κ3) is 4.50. The lowest BCUT2D eigenvalue weighted by Gasteiger charge is -2.35. The van der Waals surface area contributed by atoms with E-state index in [9.17, 15) is 13.6 Å². The molecule has 4 aliphatic heterocycles. The molecule has 5 heterocycles. The van der Waals surface area contributed by atoms with Gasteiger partial charge in [-0.15, -0.1) is 0 Å². The number of fused-ring (bicyclic) bond motifs is 1. The van der Waals surface area contributed by atoms with Gasteiger partial charge in [-0.2, -0.15) is 5.10 Å². The molecule has 33 heavy (non-hydrogen) atoms. The third-order valence-electron chi connectivity index (χ3n) is 5.64. The zero-order valence-corrected chi connectivity index (χ0v) is 17.6. The molecule has 0 saturated carbocycles. The fourth-order valence-electron chi connectivity index (χ4n) is 3.92. The molecule has 1 amide bonds. The molecule has 0 spiro atoms. The number of aromatic nitrogens is 1. The highest BCUT2D eigenvalue weighted by Gasteiger charge is 2.32. The van der Waals surface area contributed by atoms with Crippen LogP contribution in [-0.4, -0.2) is 65.1 Å². The van der Waals surface area contributed by atoms with E-state index in [0.717, 1.165) is 19.3 Å². The molecular formula is C22H23F2N7O2. The van der Waals surface area contributed by atoms with E-state index in [4.69, 9.17) is 4.74 Å². The molecule has 2 unspecified atom stereocenters. The van der Waals surface area contributed by atoms with Gasteiger partial charge in [0.2, 0.25) is 0 Å². The second-order valence-corrected chi connectivity index (χ2v) is 7.79. The first-order chi connectivity index (χ1) is 16.1. The summed E-state index contributed by atoms with van der Waals surface area (Å²) < 4.78 is 31.5. The molecule has 0 radical (unpaired) electrons. The number of nitrogens with zero attached hydrogens (tertiary/aromatic N) is 4. The lowest BCUT2D eigenvalue weighted by atomic mass is 10.1. The Kier molecular flexibility index (Phi) is 5.88. The summed E-state index contributed by atoms with van der Waals surface area (Å²) in [6, 6.07) is 1.35. The topological polar surface area (TPSA) is 94.1 Å². The average Bonchev–Trinajstić information content (AvgIpc) is 3.28. The van der Waals surface area contributed by atoms with Crippen LogP contribution in [0.25, 0.3) is 0 Å². The van der Waals surface area contributed by atoms with Crippen LogP contribution in [0.15, 0.2) is 71.7 Å². The van der Waals surface area contributed by atoms with E-state index in [1.54, 1.807) is 18.4 Å². The maximum absolute atomic E-state index is 13.1. The first-order valence-corrected chi connectivity index (χ1v) is 10.6. The lowest BCUT2D eigenvalue weighted by molar-refractivity contribution is -0.118. The number of ether oxygens (including phenoxy) is 1. The Morgan fingerprint density at radius 1 is 1.21 bits per heavy atom. The monoisotopic (exact) mass is 455 g/mol. The van der Waals surface area contributed by atoms with Crippen molar-refractivity contribution in [3.8, 4) is 0 Å². The minimum atomic E-state index is -2.63. The molecule has 9 nitrogen and oxygen atoms in total. The number of amides is 1. The first-order valence-electron chi connectivity index (χ1n) is 10.6. The van der Waals surface area contributed by atoms with Crippen LogP contribution >= 0.6 is 0 Å². The predicted molar refractivity (Wildman–Crippen MR) is 116 cm³/mol. The zero-order valence-electron chi connectivity index (χ0n) is 17.6. The van der Waals surface area contributed by atoms with Crippen LogP contribution in [0.1, 0.15) is 17.6 Å². The SMILES string of the molecule is O=C(NC1=CC=CC(N2CCOCC2)N1)C1=CNC2C=CC(c3cncc(C(F)F)c3)=NN12. The fourth-order valence-corrected chi connectivity index (χ4v) is 3.92. The van der Waals surface area contributed by atoms with Crippen LogP contribution in [0.2, 0.25) is 0 Å². The number of morpholine rings is 1. The van der Waals surface area contributed by atoms with Crippen molar-refractivity contribution in [3.05, 3.63) is 77.7 Å². The fraction of sp³-hybridized carbons (Fsp3) is 0.318. The molecule has 0 aromatic carbocycles. The Labute approximate surface area is 189 Å². The normalized spacial score (nSPS) is 24.5. The Morgan fingerprint density at radius 3 is 2.88 bits per heavy atom. The summed E-state index contributed by atoms with van der Waals surface area (Å²) in [5.41, 5.74) is 1.01. The molecule has 1 aromatic heterocycles. The van der Waals surface area contributed by atoms with Crippen molar-refractivity contribution in [3.63, 3.8) is 0 Å². The van der Waals surface area contributed by atoms with Gasteiger partial charge in [-0.05, 0) is 30.4 Å². The van der Waals surface area contributed by atoms with E-state index in [2.05, 4.69) is 30.9 Å². The van der Waals surface area contributed by atoms with E-state index in [-0.39, 0.29) is 23.8 Å². The molecule has 4 aliphatic rings. The number of carbonyl (C=O) groups is 1. The number of carbonyl (C=O) groups excluding carboxylic acids is 1. The minimum absolute atomic E-state index is 0.0326. The number of halogens is 2. The molecular weight excluding hydrogens is 432 g/mol. The van der Waals surface area contributed by atoms with Gasteiger partial charge in [-0.1, -0.05) is 6.08 Å². The Morgan fingerprint density at radius 2 is 2.06 bits per heavy atom. The van der Waals surface area contributed by atoms with Gasteiger partial charge < -0.3 is 20.7 Å². The van der Waals surface area contributed by atoms with E-state index in [0.29, 0.717) is 36.0 Å². The molecule has 0 aliphatic carbocycles. The van der Waals surface area contributed by atoms with Crippen molar-refractivity contribution in [1.82, 2.24) is 30.8 Å². The number of dihydropyridines is 1. The summed E-state index contributed by atoms with van der Waals surface area (Å²) in [5, 5.41) is 15.3. The maximum atomic E-state index is 13.1.